The van der Waals surface area contributed by atoms with Crippen LogP contribution < -0.4 is 5.32 Å². The van der Waals surface area contributed by atoms with Crippen LogP contribution in [-0.2, 0) is 0 Å². The summed E-state index contributed by atoms with van der Waals surface area (Å²) in [5, 5.41) is 12.3. The molecule has 0 radical (unpaired) electrons. The first kappa shape index (κ1) is 10.5. The lowest BCUT2D eigenvalue weighted by Crippen LogP contribution is -2.34. The third kappa shape index (κ3) is 1.31. The monoisotopic (exact) mass is 241 g/mol. The molecule has 88 valence electrons. The molecule has 0 unspecified atom stereocenters. The lowest BCUT2D eigenvalue weighted by Gasteiger charge is -2.16. The van der Waals surface area contributed by atoms with Crippen molar-refractivity contribution in [2.45, 2.75) is 0 Å². The topological polar surface area (TPSA) is 83.5 Å². The van der Waals surface area contributed by atoms with Gasteiger partial charge in [0.2, 0.25) is 0 Å². The normalized spacial score (nSPS) is 13.6. The molecule has 1 heterocycles. The van der Waals surface area contributed by atoms with E-state index in [0.29, 0.717) is 16.3 Å². The highest BCUT2D eigenvalue weighted by Gasteiger charge is 2.25. The van der Waals surface area contributed by atoms with Gasteiger partial charge in [0.25, 0.3) is 11.8 Å². The summed E-state index contributed by atoms with van der Waals surface area (Å²) in [6.07, 6.45) is 0. The predicted molar refractivity (Wildman–Crippen MR) is 62.7 cm³/mol. The van der Waals surface area contributed by atoms with E-state index in [1.54, 1.807) is 18.2 Å². The fraction of sp³-hybridized carbons (Fsp3) is 0. The van der Waals surface area contributed by atoms with Crippen molar-refractivity contribution in [2.75, 3.05) is 0 Å². The number of rotatable bonds is 1. The van der Waals surface area contributed by atoms with Gasteiger partial charge in [0.05, 0.1) is 5.56 Å². The SMILES string of the molecule is O=C(O)c1cc2c3c(cccc3c1)C(=O)NC2=O. The van der Waals surface area contributed by atoms with Gasteiger partial charge in [-0.2, -0.15) is 0 Å². The molecule has 5 heteroatoms. The van der Waals surface area contributed by atoms with E-state index < -0.39 is 17.8 Å². The van der Waals surface area contributed by atoms with Crippen molar-refractivity contribution in [2.24, 2.45) is 0 Å². The van der Waals surface area contributed by atoms with Crippen molar-refractivity contribution in [3.05, 3.63) is 47.0 Å². The molecule has 18 heavy (non-hydrogen) atoms. The first-order valence-electron chi connectivity index (χ1n) is 5.23. The number of carboxylic acid groups (broad SMARTS) is 1. The summed E-state index contributed by atoms with van der Waals surface area (Å²) >= 11 is 0. The molecule has 0 spiro atoms. The number of hydrogen-bond donors (Lipinski definition) is 2. The second-order valence-corrected chi connectivity index (χ2v) is 4.02. The van der Waals surface area contributed by atoms with Gasteiger partial charge >= 0.3 is 5.97 Å². The van der Waals surface area contributed by atoms with Gasteiger partial charge in [-0.1, -0.05) is 12.1 Å². The molecule has 2 amide bonds. The van der Waals surface area contributed by atoms with Gasteiger partial charge in [-0.15, -0.1) is 0 Å². The average molecular weight is 241 g/mol. The molecule has 0 aliphatic carbocycles. The number of aromatic carboxylic acids is 1. The van der Waals surface area contributed by atoms with Gasteiger partial charge in [-0.25, -0.2) is 4.79 Å². The van der Waals surface area contributed by atoms with Crippen molar-refractivity contribution in [1.29, 1.82) is 0 Å². The number of carbonyl (C=O) groups excluding carboxylic acids is 2. The van der Waals surface area contributed by atoms with Crippen LogP contribution in [-0.4, -0.2) is 22.9 Å². The van der Waals surface area contributed by atoms with Crippen LogP contribution in [0.2, 0.25) is 0 Å². The number of imide groups is 1. The fourth-order valence-electron chi connectivity index (χ4n) is 2.16. The molecule has 0 fully saturated rings. The summed E-state index contributed by atoms with van der Waals surface area (Å²) in [6, 6.07) is 7.68. The summed E-state index contributed by atoms with van der Waals surface area (Å²) in [4.78, 5) is 34.4. The van der Waals surface area contributed by atoms with E-state index >= 15 is 0 Å². The van der Waals surface area contributed by atoms with Gasteiger partial charge in [0, 0.05) is 16.5 Å². The van der Waals surface area contributed by atoms with E-state index in [0.717, 1.165) is 0 Å². The van der Waals surface area contributed by atoms with Crippen LogP contribution in [0.15, 0.2) is 30.3 Å². The molecule has 0 aromatic heterocycles. The zero-order valence-electron chi connectivity index (χ0n) is 9.06. The molecule has 2 aromatic rings. The highest BCUT2D eigenvalue weighted by molar-refractivity contribution is 6.26. The van der Waals surface area contributed by atoms with Crippen molar-refractivity contribution in [3.8, 4) is 0 Å². The maximum Gasteiger partial charge on any atom is 0.335 e. The van der Waals surface area contributed by atoms with E-state index in [1.807, 2.05) is 0 Å². The standard InChI is InChI=1S/C13H7NO4/c15-11-8-3-1-2-6-4-7(13(17)18)5-9(10(6)8)12(16)14-11/h1-5H,(H,17,18)(H,14,15,16). The van der Waals surface area contributed by atoms with Crippen LogP contribution in [0, 0.1) is 0 Å². The summed E-state index contributed by atoms with van der Waals surface area (Å²) in [6.45, 7) is 0. The number of amides is 2. The Morgan fingerprint density at radius 2 is 1.78 bits per heavy atom. The quantitative estimate of drug-likeness (QED) is 0.739. The van der Waals surface area contributed by atoms with Gasteiger partial charge < -0.3 is 5.11 Å². The fourth-order valence-corrected chi connectivity index (χ4v) is 2.16. The zero-order chi connectivity index (χ0) is 12.9. The average Bonchev–Trinajstić information content (AvgIpc) is 2.35. The first-order chi connectivity index (χ1) is 8.58. The smallest absolute Gasteiger partial charge is 0.335 e. The van der Waals surface area contributed by atoms with Crippen LogP contribution in [0.5, 0.6) is 0 Å². The maximum atomic E-state index is 11.7. The van der Waals surface area contributed by atoms with Crippen LogP contribution in [0.3, 0.4) is 0 Å². The molecule has 3 rings (SSSR count). The van der Waals surface area contributed by atoms with Crippen molar-refractivity contribution in [1.82, 2.24) is 5.32 Å². The Labute approximate surface area is 101 Å². The maximum absolute atomic E-state index is 11.7. The summed E-state index contributed by atoms with van der Waals surface area (Å²) < 4.78 is 0. The molecular formula is C13H7NO4. The van der Waals surface area contributed by atoms with Crippen LogP contribution in [0.1, 0.15) is 31.1 Å². The Kier molecular flexibility index (Phi) is 1.98. The second kappa shape index (κ2) is 3.40. The lowest BCUT2D eigenvalue weighted by atomic mass is 9.93. The van der Waals surface area contributed by atoms with Gasteiger partial charge in [0.1, 0.15) is 0 Å². The van der Waals surface area contributed by atoms with Gasteiger partial charge in [-0.3, -0.25) is 14.9 Å². The molecule has 1 aliphatic heterocycles. The van der Waals surface area contributed by atoms with E-state index in [2.05, 4.69) is 5.32 Å². The minimum atomic E-state index is -1.11. The molecule has 5 nitrogen and oxygen atoms in total. The van der Waals surface area contributed by atoms with Crippen molar-refractivity contribution in [3.63, 3.8) is 0 Å². The Balaban J connectivity index is 2.48. The highest BCUT2D eigenvalue weighted by atomic mass is 16.4. The van der Waals surface area contributed by atoms with E-state index in [4.69, 9.17) is 5.11 Å². The van der Waals surface area contributed by atoms with Crippen LogP contribution in [0.25, 0.3) is 10.8 Å². The molecule has 0 saturated carbocycles. The number of carbonyl (C=O) groups is 3. The van der Waals surface area contributed by atoms with Gasteiger partial charge in [-0.05, 0) is 23.6 Å². The molecule has 0 bridgehead atoms. The second-order valence-electron chi connectivity index (χ2n) is 4.02. The van der Waals surface area contributed by atoms with Gasteiger partial charge in [0.15, 0.2) is 0 Å². The molecule has 0 atom stereocenters. The Morgan fingerprint density at radius 3 is 2.50 bits per heavy atom. The Bertz CT molecular complexity index is 733. The minimum Gasteiger partial charge on any atom is -0.478 e. The summed E-state index contributed by atoms with van der Waals surface area (Å²) in [5.74, 6) is -2.13. The molecular weight excluding hydrogens is 234 g/mol. The predicted octanol–water partition coefficient (Wildman–Crippen LogP) is 1.42. The minimum absolute atomic E-state index is 0.0270. The number of carboxylic acids is 1. The molecule has 2 aromatic carbocycles. The summed E-state index contributed by atoms with van der Waals surface area (Å²) in [5.41, 5.74) is 0.637. The number of nitrogens with one attached hydrogen (secondary N) is 1. The Morgan fingerprint density at radius 1 is 1.06 bits per heavy atom. The zero-order valence-corrected chi connectivity index (χ0v) is 9.06. The number of benzene rings is 2. The van der Waals surface area contributed by atoms with E-state index in [1.165, 1.54) is 12.1 Å². The van der Waals surface area contributed by atoms with Crippen LogP contribution in [0.4, 0.5) is 0 Å². The number of hydrogen-bond acceptors (Lipinski definition) is 3. The molecule has 0 saturated heterocycles. The van der Waals surface area contributed by atoms with Crippen molar-refractivity contribution >= 4 is 28.6 Å². The Hall–Kier alpha value is -2.69. The third-order valence-electron chi connectivity index (χ3n) is 2.94. The third-order valence-corrected chi connectivity index (χ3v) is 2.94. The van der Waals surface area contributed by atoms with Crippen molar-refractivity contribution < 1.29 is 19.5 Å². The summed E-state index contributed by atoms with van der Waals surface area (Å²) in [7, 11) is 0. The first-order valence-corrected chi connectivity index (χ1v) is 5.23. The molecule has 2 N–H and O–H groups in total. The lowest BCUT2D eigenvalue weighted by molar-refractivity contribution is 0.0696. The molecule has 1 aliphatic rings. The van der Waals surface area contributed by atoms with Crippen LogP contribution >= 0.6 is 0 Å². The largest absolute Gasteiger partial charge is 0.478 e. The highest BCUT2D eigenvalue weighted by Crippen LogP contribution is 2.27. The van der Waals surface area contributed by atoms with E-state index in [9.17, 15) is 14.4 Å². The van der Waals surface area contributed by atoms with E-state index in [-0.39, 0.29) is 11.1 Å².